The van der Waals surface area contributed by atoms with E-state index in [1.54, 1.807) is 12.1 Å². The molecule has 2 aromatic carbocycles. The maximum atomic E-state index is 12.8. The average Bonchev–Trinajstić information content (AvgIpc) is 2.52. The van der Waals surface area contributed by atoms with Crippen LogP contribution in [0.1, 0.15) is 47.1 Å². The lowest BCUT2D eigenvalue weighted by atomic mass is 10.0. The Bertz CT molecular complexity index is 874. The number of rotatable bonds is 3. The second-order valence-corrected chi connectivity index (χ2v) is 8.06. The van der Waals surface area contributed by atoms with Gasteiger partial charge in [0.1, 0.15) is 0 Å². The Labute approximate surface area is 168 Å². The number of carbonyl (C=O) groups excluding carboxylic acids is 2. The van der Waals surface area contributed by atoms with Gasteiger partial charge in [0, 0.05) is 14.8 Å². The molecule has 0 fully saturated rings. The van der Waals surface area contributed by atoms with Gasteiger partial charge in [-0.2, -0.15) is 13.2 Å². The molecule has 2 amide bonds. The molecule has 27 heavy (non-hydrogen) atoms. The second-order valence-electron chi connectivity index (χ2n) is 6.90. The minimum atomic E-state index is -4.51. The molecular formula is C19H18F3IN2O2. The summed E-state index contributed by atoms with van der Waals surface area (Å²) in [5, 5.41) is 5.23. The first-order valence-corrected chi connectivity index (χ1v) is 9.06. The summed E-state index contributed by atoms with van der Waals surface area (Å²) in [4.78, 5) is 25.2. The molecule has 2 rings (SSSR count). The van der Waals surface area contributed by atoms with Gasteiger partial charge in [-0.25, -0.2) is 0 Å². The van der Waals surface area contributed by atoms with E-state index < -0.39 is 29.1 Å². The molecule has 0 aliphatic rings. The zero-order valence-corrected chi connectivity index (χ0v) is 17.0. The molecule has 0 heterocycles. The van der Waals surface area contributed by atoms with E-state index in [-0.39, 0.29) is 16.8 Å². The van der Waals surface area contributed by atoms with Crippen LogP contribution in [0, 0.1) is 3.57 Å². The van der Waals surface area contributed by atoms with Gasteiger partial charge in [0.05, 0.1) is 16.7 Å². The molecule has 0 aromatic heterocycles. The van der Waals surface area contributed by atoms with Crippen LogP contribution in [0.2, 0.25) is 0 Å². The average molecular weight is 490 g/mol. The van der Waals surface area contributed by atoms with Crippen molar-refractivity contribution in [2.75, 3.05) is 5.32 Å². The Morgan fingerprint density at radius 3 is 2.19 bits per heavy atom. The molecular weight excluding hydrogens is 472 g/mol. The van der Waals surface area contributed by atoms with Crippen molar-refractivity contribution < 1.29 is 22.8 Å². The normalized spacial score (nSPS) is 11.8. The van der Waals surface area contributed by atoms with E-state index in [1.807, 2.05) is 43.4 Å². The largest absolute Gasteiger partial charge is 0.416 e. The molecule has 0 atom stereocenters. The Morgan fingerprint density at radius 1 is 0.963 bits per heavy atom. The summed E-state index contributed by atoms with van der Waals surface area (Å²) in [7, 11) is 0. The van der Waals surface area contributed by atoms with Gasteiger partial charge in [0.2, 0.25) is 0 Å². The first kappa shape index (κ1) is 21.2. The lowest BCUT2D eigenvalue weighted by molar-refractivity contribution is -0.137. The van der Waals surface area contributed by atoms with Gasteiger partial charge in [-0.05, 0) is 73.7 Å². The summed E-state index contributed by atoms with van der Waals surface area (Å²) in [6.45, 7) is 5.43. The van der Waals surface area contributed by atoms with Crippen LogP contribution in [0.25, 0.3) is 0 Å². The summed E-state index contributed by atoms with van der Waals surface area (Å²) in [5.41, 5.74) is -1.12. The van der Waals surface area contributed by atoms with Crippen molar-refractivity contribution in [2.24, 2.45) is 0 Å². The highest BCUT2D eigenvalue weighted by Crippen LogP contribution is 2.31. The van der Waals surface area contributed by atoms with Crippen molar-refractivity contribution in [1.82, 2.24) is 5.32 Å². The highest BCUT2D eigenvalue weighted by atomic mass is 127. The van der Waals surface area contributed by atoms with Crippen molar-refractivity contribution in [2.45, 2.75) is 32.5 Å². The van der Waals surface area contributed by atoms with Crippen molar-refractivity contribution in [3.63, 3.8) is 0 Å². The van der Waals surface area contributed by atoms with Crippen molar-refractivity contribution >= 4 is 40.1 Å². The predicted molar refractivity (Wildman–Crippen MR) is 106 cm³/mol. The SMILES string of the molecule is CC(C)(C)NC(=O)c1c(I)cccc1C(=O)Nc1cccc(C(F)(F)F)c1. The molecule has 0 aliphatic carbocycles. The molecule has 8 heteroatoms. The van der Waals surface area contributed by atoms with E-state index in [0.717, 1.165) is 12.1 Å². The van der Waals surface area contributed by atoms with Crippen LogP contribution in [-0.2, 0) is 6.18 Å². The fraction of sp³-hybridized carbons (Fsp3) is 0.263. The molecule has 144 valence electrons. The Kier molecular flexibility index (Phi) is 6.18. The number of halogens is 4. The first-order chi connectivity index (χ1) is 12.4. The van der Waals surface area contributed by atoms with Gasteiger partial charge in [0.15, 0.2) is 0 Å². The van der Waals surface area contributed by atoms with Gasteiger partial charge in [0.25, 0.3) is 11.8 Å². The van der Waals surface area contributed by atoms with Crippen LogP contribution in [-0.4, -0.2) is 17.4 Å². The maximum absolute atomic E-state index is 12.8. The quantitative estimate of drug-likeness (QED) is 0.590. The van der Waals surface area contributed by atoms with Gasteiger partial charge >= 0.3 is 6.18 Å². The van der Waals surface area contributed by atoms with Gasteiger partial charge < -0.3 is 10.6 Å². The minimum absolute atomic E-state index is 0.00383. The summed E-state index contributed by atoms with van der Waals surface area (Å²) in [6.07, 6.45) is -4.51. The molecule has 0 aliphatic heterocycles. The number of benzene rings is 2. The summed E-state index contributed by atoms with van der Waals surface area (Å²) in [6, 6.07) is 9.08. The third-order valence-corrected chi connectivity index (χ3v) is 4.32. The highest BCUT2D eigenvalue weighted by molar-refractivity contribution is 14.1. The molecule has 0 radical (unpaired) electrons. The van der Waals surface area contributed by atoms with E-state index in [9.17, 15) is 22.8 Å². The number of carbonyl (C=O) groups is 2. The number of hydrogen-bond donors (Lipinski definition) is 2. The number of alkyl halides is 3. The molecule has 2 N–H and O–H groups in total. The van der Waals surface area contributed by atoms with Crippen LogP contribution in [0.4, 0.5) is 18.9 Å². The summed E-state index contributed by atoms with van der Waals surface area (Å²) < 4.78 is 39.1. The van der Waals surface area contributed by atoms with Gasteiger partial charge in [-0.3, -0.25) is 9.59 Å². The van der Waals surface area contributed by atoms with Crippen LogP contribution < -0.4 is 10.6 Å². The Balaban J connectivity index is 2.35. The van der Waals surface area contributed by atoms with Gasteiger partial charge in [-0.1, -0.05) is 12.1 Å². The predicted octanol–water partition coefficient (Wildman–Crippen LogP) is 5.09. The van der Waals surface area contributed by atoms with Crippen LogP contribution in [0.5, 0.6) is 0 Å². The summed E-state index contributed by atoms with van der Waals surface area (Å²) >= 11 is 1.94. The van der Waals surface area contributed by atoms with E-state index in [4.69, 9.17) is 0 Å². The van der Waals surface area contributed by atoms with Crippen molar-refractivity contribution in [1.29, 1.82) is 0 Å². The Morgan fingerprint density at radius 2 is 1.59 bits per heavy atom. The molecule has 0 unspecified atom stereocenters. The maximum Gasteiger partial charge on any atom is 0.416 e. The number of nitrogens with one attached hydrogen (secondary N) is 2. The third kappa shape index (κ3) is 5.69. The van der Waals surface area contributed by atoms with Crippen LogP contribution in [0.3, 0.4) is 0 Å². The summed E-state index contributed by atoms with van der Waals surface area (Å²) in [5.74, 6) is -1.09. The van der Waals surface area contributed by atoms with E-state index in [2.05, 4.69) is 10.6 Å². The van der Waals surface area contributed by atoms with Crippen molar-refractivity contribution in [3.8, 4) is 0 Å². The van der Waals surface area contributed by atoms with Crippen molar-refractivity contribution in [3.05, 3.63) is 62.7 Å². The standard InChI is InChI=1S/C19H18F3IN2O2/c1-18(2,3)25-17(27)15-13(8-5-9-14(15)23)16(26)24-12-7-4-6-11(10-12)19(20,21)22/h4-10H,1-3H3,(H,24,26)(H,25,27). The first-order valence-electron chi connectivity index (χ1n) is 7.98. The highest BCUT2D eigenvalue weighted by Gasteiger charge is 2.30. The number of amides is 2. The zero-order chi connectivity index (χ0) is 20.4. The van der Waals surface area contributed by atoms with Crippen LogP contribution >= 0.6 is 22.6 Å². The van der Waals surface area contributed by atoms with E-state index >= 15 is 0 Å². The minimum Gasteiger partial charge on any atom is -0.347 e. The zero-order valence-electron chi connectivity index (χ0n) is 14.9. The van der Waals surface area contributed by atoms with Crippen LogP contribution in [0.15, 0.2) is 42.5 Å². The number of anilines is 1. The number of hydrogen-bond acceptors (Lipinski definition) is 2. The van der Waals surface area contributed by atoms with E-state index in [1.165, 1.54) is 18.2 Å². The van der Waals surface area contributed by atoms with E-state index in [0.29, 0.717) is 3.57 Å². The molecule has 0 bridgehead atoms. The molecule has 0 saturated carbocycles. The third-order valence-electron chi connectivity index (χ3n) is 3.42. The fourth-order valence-corrected chi connectivity index (χ4v) is 3.06. The Hall–Kier alpha value is -2.10. The lowest BCUT2D eigenvalue weighted by Crippen LogP contribution is -2.41. The topological polar surface area (TPSA) is 58.2 Å². The smallest absolute Gasteiger partial charge is 0.347 e. The fourth-order valence-electron chi connectivity index (χ4n) is 2.32. The monoisotopic (exact) mass is 490 g/mol. The second kappa shape index (κ2) is 7.87. The van der Waals surface area contributed by atoms with Gasteiger partial charge in [-0.15, -0.1) is 0 Å². The lowest BCUT2D eigenvalue weighted by Gasteiger charge is -2.22. The molecule has 0 saturated heterocycles. The molecule has 4 nitrogen and oxygen atoms in total. The molecule has 0 spiro atoms. The molecule has 2 aromatic rings.